The molecule has 5 nitrogen and oxygen atoms in total. The van der Waals surface area contributed by atoms with Gasteiger partial charge in [-0.2, -0.15) is 9.59 Å². The van der Waals surface area contributed by atoms with Crippen LogP contribution in [0.25, 0.3) is 0 Å². The van der Waals surface area contributed by atoms with Gasteiger partial charge in [0.2, 0.25) is 0 Å². The Hall–Kier alpha value is -0.960. The molecule has 0 saturated carbocycles. The lowest BCUT2D eigenvalue weighted by atomic mass is 11.6. The topological polar surface area (TPSA) is 91.7 Å². The van der Waals surface area contributed by atoms with Crippen LogP contribution < -0.4 is 0 Å². The Balaban J connectivity index is 4.05. The van der Waals surface area contributed by atoms with E-state index in [1.54, 1.807) is 0 Å². The van der Waals surface area contributed by atoms with Crippen LogP contribution in [-0.4, -0.2) is 21.6 Å². The monoisotopic (exact) mass is 137 g/mol. The molecule has 0 bridgehead atoms. The van der Waals surface area contributed by atoms with Crippen LogP contribution in [0.15, 0.2) is 0 Å². The van der Waals surface area contributed by atoms with Crippen molar-refractivity contribution in [2.24, 2.45) is 0 Å². The zero-order valence-electron chi connectivity index (χ0n) is 3.57. The predicted molar refractivity (Wildman–Crippen MR) is 23.7 cm³/mol. The predicted octanol–water partition coefficient (Wildman–Crippen LogP) is 1.17. The lowest BCUT2D eigenvalue weighted by Crippen LogP contribution is -1.91. The van der Waals surface area contributed by atoms with E-state index in [-0.39, 0.29) is 0 Å². The highest BCUT2D eigenvalue weighted by Gasteiger charge is 2.38. The van der Waals surface area contributed by atoms with E-state index < -0.39 is 19.2 Å². The summed E-state index contributed by atoms with van der Waals surface area (Å²) in [6, 6.07) is 0. The second-order valence-corrected chi connectivity index (χ2v) is 2.21. The minimum Gasteiger partial charge on any atom is -0.442 e. The van der Waals surface area contributed by atoms with E-state index in [2.05, 4.69) is 0 Å². The second kappa shape index (κ2) is 2.37. The first-order valence-corrected chi connectivity index (χ1v) is 2.74. The average molecular weight is 137 g/mol. The molecule has 0 aliphatic rings. The summed E-state index contributed by atoms with van der Waals surface area (Å²) in [5, 5.41) is 15.4. The van der Waals surface area contributed by atoms with Crippen molar-refractivity contribution in [3.05, 3.63) is 0 Å². The van der Waals surface area contributed by atoms with E-state index in [4.69, 9.17) is 10.2 Å². The minimum atomic E-state index is -3.12. The summed E-state index contributed by atoms with van der Waals surface area (Å²) in [4.78, 5) is 19.0. The summed E-state index contributed by atoms with van der Waals surface area (Å²) in [6.45, 7) is 0. The maximum absolute atomic E-state index is 9.79. The minimum absolute atomic E-state index is 1.80. The van der Waals surface area contributed by atoms with Gasteiger partial charge in [-0.25, -0.2) is 0 Å². The average Bonchev–Trinajstić information content (AvgIpc) is 1.64. The lowest BCUT2D eigenvalue weighted by Gasteiger charge is -1.65. The van der Waals surface area contributed by atoms with Crippen LogP contribution in [0.1, 0.15) is 0 Å². The van der Waals surface area contributed by atoms with Crippen molar-refractivity contribution in [3.8, 4) is 0 Å². The highest BCUT2D eigenvalue weighted by Crippen LogP contribution is 2.20. The molecule has 2 N–H and O–H groups in total. The van der Waals surface area contributed by atoms with Crippen LogP contribution in [0, 0.1) is 0 Å². The van der Waals surface area contributed by atoms with Gasteiger partial charge in [-0.15, -0.1) is 0 Å². The molecule has 0 spiro atoms. The van der Waals surface area contributed by atoms with Gasteiger partial charge in [0.1, 0.15) is 0 Å². The fourth-order valence-electron chi connectivity index (χ4n) is 0.0818. The van der Waals surface area contributed by atoms with E-state index in [0.717, 1.165) is 0 Å². The summed E-state index contributed by atoms with van der Waals surface area (Å²) < 4.78 is 9.79. The van der Waals surface area contributed by atoms with Crippen molar-refractivity contribution in [1.82, 2.24) is 0 Å². The molecule has 0 saturated heterocycles. The van der Waals surface area contributed by atoms with Crippen molar-refractivity contribution in [2.75, 3.05) is 0 Å². The Bertz CT molecular complexity index is 133. The van der Waals surface area contributed by atoms with Crippen LogP contribution in [0.4, 0.5) is 9.59 Å². The van der Waals surface area contributed by atoms with Crippen molar-refractivity contribution >= 4 is 19.2 Å². The third-order valence-corrected chi connectivity index (χ3v) is 1.04. The molecule has 0 heterocycles. The first-order chi connectivity index (χ1) is 3.55. The molecule has 0 rings (SSSR count). The maximum atomic E-state index is 9.79. The van der Waals surface area contributed by atoms with Crippen LogP contribution >= 0.6 is 7.80 Å². The normalized spacial score (nSPS) is 8.00. The molecular weight excluding hydrogens is 135 g/mol. The molecule has 0 unspecified atom stereocenters. The van der Waals surface area contributed by atoms with Crippen LogP contribution in [0.3, 0.4) is 0 Å². The fourth-order valence-corrected chi connectivity index (χ4v) is 0.245. The molecule has 6 heteroatoms. The molecule has 0 radical (unpaired) electrons. The van der Waals surface area contributed by atoms with E-state index >= 15 is 0 Å². The smallest absolute Gasteiger partial charge is 0.442 e. The molecule has 8 heavy (non-hydrogen) atoms. The first kappa shape index (κ1) is 7.04. The van der Waals surface area contributed by atoms with E-state index in [1.807, 2.05) is 0 Å². The Morgan fingerprint density at radius 3 is 1.38 bits per heavy atom. The zero-order valence-corrected chi connectivity index (χ0v) is 4.46. The van der Waals surface area contributed by atoms with Gasteiger partial charge >= 0.3 is 19.2 Å². The fraction of sp³-hybridized carbons (Fsp3) is 0. The SMILES string of the molecule is O=C(O)[P+](=O)C(=O)O. The molecule has 0 aromatic heterocycles. The molecule has 0 atom stereocenters. The van der Waals surface area contributed by atoms with Gasteiger partial charge in [0, 0.05) is 0 Å². The van der Waals surface area contributed by atoms with Crippen molar-refractivity contribution in [3.63, 3.8) is 0 Å². The number of hydrogen-bond donors (Lipinski definition) is 2. The summed E-state index contributed by atoms with van der Waals surface area (Å²) in [5.41, 5.74) is -3.60. The Morgan fingerprint density at radius 2 is 1.38 bits per heavy atom. The van der Waals surface area contributed by atoms with Gasteiger partial charge in [0.25, 0.3) is 0 Å². The molecule has 0 fully saturated rings. The highest BCUT2D eigenvalue weighted by molar-refractivity contribution is 7.77. The van der Waals surface area contributed by atoms with Gasteiger partial charge < -0.3 is 10.2 Å². The summed E-state index contributed by atoms with van der Waals surface area (Å²) >= 11 is 0. The zero-order chi connectivity index (χ0) is 6.73. The molecular formula is C2H2O5P+. The van der Waals surface area contributed by atoms with Crippen molar-refractivity contribution in [1.29, 1.82) is 0 Å². The molecule has 44 valence electrons. The molecule has 0 aromatic rings. The number of hydrogen-bond acceptors (Lipinski definition) is 3. The molecule has 0 aliphatic carbocycles. The first-order valence-electron chi connectivity index (χ1n) is 1.49. The summed E-state index contributed by atoms with van der Waals surface area (Å²) in [6.07, 6.45) is 0. The quantitative estimate of drug-likeness (QED) is 0.557. The molecule has 0 amide bonds. The third-order valence-electron chi connectivity index (χ3n) is 0.347. The van der Waals surface area contributed by atoms with E-state index in [9.17, 15) is 14.2 Å². The Kier molecular flexibility index (Phi) is 2.09. The largest absolute Gasteiger partial charge is 0.586 e. The van der Waals surface area contributed by atoms with Crippen molar-refractivity contribution < 1.29 is 24.4 Å². The van der Waals surface area contributed by atoms with Gasteiger partial charge in [0.05, 0.1) is 0 Å². The Morgan fingerprint density at radius 1 is 1.12 bits per heavy atom. The van der Waals surface area contributed by atoms with Gasteiger partial charge in [0.15, 0.2) is 0 Å². The van der Waals surface area contributed by atoms with Gasteiger partial charge in [-0.1, -0.05) is 0 Å². The number of carboxylic acid groups (broad SMARTS) is 2. The molecule has 0 aliphatic heterocycles. The van der Waals surface area contributed by atoms with Gasteiger partial charge in [-0.05, 0) is 4.57 Å². The number of rotatable bonds is 2. The highest BCUT2D eigenvalue weighted by atomic mass is 31.1. The van der Waals surface area contributed by atoms with Gasteiger partial charge in [-0.3, -0.25) is 0 Å². The van der Waals surface area contributed by atoms with Crippen LogP contribution in [-0.2, 0) is 4.57 Å². The standard InChI is InChI=1S/C2HO5P/c3-1(4)8(7)2(5)6/h(H-,3,4,5,6)/p+1. The van der Waals surface area contributed by atoms with Crippen LogP contribution in [0.5, 0.6) is 0 Å². The van der Waals surface area contributed by atoms with Crippen molar-refractivity contribution in [2.45, 2.75) is 0 Å². The number of carbonyl (C=O) groups is 2. The molecule has 0 aromatic carbocycles. The van der Waals surface area contributed by atoms with E-state index in [0.29, 0.717) is 0 Å². The second-order valence-electron chi connectivity index (χ2n) is 0.860. The lowest BCUT2D eigenvalue weighted by molar-refractivity contribution is 0.213. The van der Waals surface area contributed by atoms with E-state index in [1.165, 1.54) is 0 Å². The Labute approximate surface area is 44.7 Å². The summed E-state index contributed by atoms with van der Waals surface area (Å²) in [7, 11) is -3.12. The summed E-state index contributed by atoms with van der Waals surface area (Å²) in [5.74, 6) is 0. The third kappa shape index (κ3) is 1.66. The maximum Gasteiger partial charge on any atom is 0.586 e. The van der Waals surface area contributed by atoms with Crippen LogP contribution in [0.2, 0.25) is 0 Å².